The maximum Gasteiger partial charge on any atom is 0.328 e. The van der Waals surface area contributed by atoms with Gasteiger partial charge in [0.1, 0.15) is 5.75 Å². The molecule has 0 aliphatic carbocycles. The van der Waals surface area contributed by atoms with Gasteiger partial charge in [-0.05, 0) is 36.8 Å². The zero-order chi connectivity index (χ0) is 20.6. The average molecular weight is 391 g/mol. The molecule has 3 heterocycles. The number of barbiturate groups is 1. The van der Waals surface area contributed by atoms with Gasteiger partial charge in [0, 0.05) is 12.5 Å². The summed E-state index contributed by atoms with van der Waals surface area (Å²) in [4.78, 5) is 54.0. The van der Waals surface area contributed by atoms with Gasteiger partial charge in [-0.3, -0.25) is 29.9 Å². The van der Waals surface area contributed by atoms with Gasteiger partial charge >= 0.3 is 6.03 Å². The molecule has 0 bridgehead atoms. The van der Waals surface area contributed by atoms with Crippen LogP contribution in [-0.4, -0.2) is 34.3 Å². The lowest BCUT2D eigenvalue weighted by Gasteiger charge is -2.37. The maximum absolute atomic E-state index is 12.5. The second-order valence-corrected chi connectivity index (χ2v) is 6.42. The molecule has 2 N–H and O–H groups in total. The Kier molecular flexibility index (Phi) is 4.20. The van der Waals surface area contributed by atoms with Crippen LogP contribution in [0.15, 0.2) is 42.6 Å². The number of benzene rings is 1. The Hall–Kier alpha value is -4.26. The van der Waals surface area contributed by atoms with Crippen molar-refractivity contribution in [3.63, 3.8) is 0 Å². The van der Waals surface area contributed by atoms with Crippen molar-refractivity contribution in [1.29, 1.82) is 5.26 Å². The second kappa shape index (κ2) is 6.72. The van der Waals surface area contributed by atoms with Crippen molar-refractivity contribution in [2.24, 2.45) is 0 Å². The molecule has 10 nitrogen and oxygen atoms in total. The predicted octanol–water partition coefficient (Wildman–Crippen LogP) is 0.977. The summed E-state index contributed by atoms with van der Waals surface area (Å²) in [7, 11) is 0. The summed E-state index contributed by atoms with van der Waals surface area (Å²) in [5.41, 5.74) is -1.12. The summed E-state index contributed by atoms with van der Waals surface area (Å²) in [6, 6.07) is 10.5. The molecule has 2 saturated heterocycles. The van der Waals surface area contributed by atoms with Gasteiger partial charge in [0.25, 0.3) is 11.8 Å². The van der Waals surface area contributed by atoms with Crippen molar-refractivity contribution < 1.29 is 23.9 Å². The number of carbonyl (C=O) groups is 4. The van der Waals surface area contributed by atoms with E-state index in [4.69, 9.17) is 10.00 Å². The molecule has 5 amide bonds. The summed E-state index contributed by atoms with van der Waals surface area (Å²) in [6.45, 7) is 0. The number of rotatable bonds is 3. The number of urea groups is 1. The van der Waals surface area contributed by atoms with Gasteiger partial charge in [-0.15, -0.1) is 0 Å². The number of carbonyl (C=O) groups excluding carboxylic acids is 4. The molecular weight excluding hydrogens is 378 g/mol. The van der Waals surface area contributed by atoms with Gasteiger partial charge in [0.05, 0.1) is 23.5 Å². The highest BCUT2D eigenvalue weighted by molar-refractivity contribution is 6.28. The molecule has 1 aromatic heterocycles. The fraction of sp³-hybridized carbons (Fsp3) is 0.158. The summed E-state index contributed by atoms with van der Waals surface area (Å²) in [6.07, 6.45) is 1.22. The van der Waals surface area contributed by atoms with E-state index in [1.54, 1.807) is 24.3 Å². The highest BCUT2D eigenvalue weighted by Crippen LogP contribution is 2.37. The van der Waals surface area contributed by atoms with E-state index in [0.29, 0.717) is 11.3 Å². The van der Waals surface area contributed by atoms with E-state index in [1.165, 1.54) is 18.3 Å². The van der Waals surface area contributed by atoms with Crippen LogP contribution in [0, 0.1) is 11.3 Å². The highest BCUT2D eigenvalue weighted by atomic mass is 16.5. The number of amides is 5. The van der Waals surface area contributed by atoms with Crippen LogP contribution >= 0.6 is 0 Å². The zero-order valence-electron chi connectivity index (χ0n) is 14.8. The minimum absolute atomic E-state index is 0.0292. The number of nitriles is 1. The average Bonchev–Trinajstić information content (AvgIpc) is 3.06. The largest absolute Gasteiger partial charge is 0.439 e. The van der Waals surface area contributed by atoms with E-state index in [1.807, 2.05) is 16.7 Å². The van der Waals surface area contributed by atoms with E-state index >= 15 is 0 Å². The number of ether oxygens (including phenoxy) is 1. The molecule has 2 aromatic rings. The van der Waals surface area contributed by atoms with Crippen LogP contribution in [0.2, 0.25) is 0 Å². The standard InChI is InChI=1S/C19H13N5O5/c20-9-11-1-4-13(5-2-11)29-14-6-3-12(10-21-14)24-15(25)7-8-19(24)16(26)22-18(28)23-17(19)27/h1-6,10H,7-8H2,(H2,22,23,26,27,28). The van der Waals surface area contributed by atoms with E-state index < -0.39 is 29.3 Å². The van der Waals surface area contributed by atoms with Crippen molar-refractivity contribution in [3.8, 4) is 17.7 Å². The first-order chi connectivity index (χ1) is 13.9. The third kappa shape index (κ3) is 2.94. The molecule has 0 radical (unpaired) electrons. The minimum Gasteiger partial charge on any atom is -0.439 e. The smallest absolute Gasteiger partial charge is 0.328 e. The van der Waals surface area contributed by atoms with E-state index in [9.17, 15) is 19.2 Å². The molecule has 10 heteroatoms. The van der Waals surface area contributed by atoms with Gasteiger partial charge in [-0.1, -0.05) is 0 Å². The molecule has 2 aliphatic heterocycles. The Bertz CT molecular complexity index is 1050. The third-order valence-corrected chi connectivity index (χ3v) is 4.72. The summed E-state index contributed by atoms with van der Waals surface area (Å²) >= 11 is 0. The first-order valence-electron chi connectivity index (χ1n) is 8.58. The predicted molar refractivity (Wildman–Crippen MR) is 96.6 cm³/mol. The van der Waals surface area contributed by atoms with E-state index in [-0.39, 0.29) is 24.4 Å². The summed E-state index contributed by atoms with van der Waals surface area (Å²) in [5.74, 6) is -1.47. The van der Waals surface area contributed by atoms with Crippen molar-refractivity contribution in [2.75, 3.05) is 4.90 Å². The van der Waals surface area contributed by atoms with Crippen molar-refractivity contribution in [3.05, 3.63) is 48.2 Å². The number of nitrogens with one attached hydrogen (secondary N) is 2. The van der Waals surface area contributed by atoms with Gasteiger partial charge in [-0.2, -0.15) is 5.26 Å². The Morgan fingerprint density at radius 1 is 1.03 bits per heavy atom. The number of pyridine rings is 1. The monoisotopic (exact) mass is 391 g/mol. The maximum atomic E-state index is 12.5. The number of anilines is 1. The summed E-state index contributed by atoms with van der Waals surface area (Å²) in [5, 5.41) is 12.9. The molecular formula is C19H13N5O5. The lowest BCUT2D eigenvalue weighted by molar-refractivity contribution is -0.138. The van der Waals surface area contributed by atoms with E-state index in [2.05, 4.69) is 4.98 Å². The van der Waals surface area contributed by atoms with Crippen LogP contribution in [-0.2, 0) is 14.4 Å². The topological polar surface area (TPSA) is 141 Å². The first-order valence-corrected chi connectivity index (χ1v) is 8.58. The van der Waals surface area contributed by atoms with Crippen LogP contribution < -0.4 is 20.3 Å². The second-order valence-electron chi connectivity index (χ2n) is 6.42. The fourth-order valence-corrected chi connectivity index (χ4v) is 3.35. The number of nitrogens with zero attached hydrogens (tertiary/aromatic N) is 3. The molecule has 2 fully saturated rings. The zero-order valence-corrected chi connectivity index (χ0v) is 14.8. The van der Waals surface area contributed by atoms with E-state index in [0.717, 1.165) is 4.90 Å². The van der Waals surface area contributed by atoms with Crippen LogP contribution in [0.3, 0.4) is 0 Å². The lowest BCUT2D eigenvalue weighted by atomic mass is 9.92. The van der Waals surface area contributed by atoms with Gasteiger partial charge in [0.15, 0.2) is 0 Å². The molecule has 2 aliphatic rings. The molecule has 0 unspecified atom stereocenters. The highest BCUT2D eigenvalue weighted by Gasteiger charge is 2.60. The first kappa shape index (κ1) is 18.1. The number of hydrogen-bond donors (Lipinski definition) is 2. The molecule has 0 saturated carbocycles. The van der Waals surface area contributed by atoms with Crippen molar-refractivity contribution in [2.45, 2.75) is 18.4 Å². The normalized spacial score (nSPS) is 17.7. The molecule has 1 aromatic carbocycles. The minimum atomic E-state index is -1.83. The molecule has 29 heavy (non-hydrogen) atoms. The number of imide groups is 2. The molecule has 1 spiro atoms. The van der Waals surface area contributed by atoms with Gasteiger partial charge < -0.3 is 4.74 Å². The lowest BCUT2D eigenvalue weighted by Crippen LogP contribution is -2.72. The van der Waals surface area contributed by atoms with Crippen LogP contribution in [0.4, 0.5) is 10.5 Å². The quantitative estimate of drug-likeness (QED) is 0.743. The van der Waals surface area contributed by atoms with Crippen LogP contribution in [0.25, 0.3) is 0 Å². The fourth-order valence-electron chi connectivity index (χ4n) is 3.35. The number of aromatic nitrogens is 1. The number of hydrogen-bond acceptors (Lipinski definition) is 7. The Morgan fingerprint density at radius 3 is 2.31 bits per heavy atom. The van der Waals surface area contributed by atoms with Crippen LogP contribution in [0.1, 0.15) is 18.4 Å². The van der Waals surface area contributed by atoms with Crippen molar-refractivity contribution >= 4 is 29.4 Å². The van der Waals surface area contributed by atoms with Gasteiger partial charge in [-0.25, -0.2) is 9.78 Å². The van der Waals surface area contributed by atoms with Crippen LogP contribution in [0.5, 0.6) is 11.6 Å². The Labute approximate surface area is 164 Å². The Morgan fingerprint density at radius 2 is 1.72 bits per heavy atom. The van der Waals surface area contributed by atoms with Crippen molar-refractivity contribution in [1.82, 2.24) is 15.6 Å². The molecule has 144 valence electrons. The molecule has 4 rings (SSSR count). The third-order valence-electron chi connectivity index (χ3n) is 4.72. The summed E-state index contributed by atoms with van der Waals surface area (Å²) < 4.78 is 5.59. The molecule has 0 atom stereocenters. The SMILES string of the molecule is N#Cc1ccc(Oc2ccc(N3C(=O)CCC34C(=O)NC(=O)NC4=O)cn2)cc1. The Balaban J connectivity index is 1.61. The van der Waals surface area contributed by atoms with Gasteiger partial charge in [0.2, 0.25) is 17.3 Å².